The van der Waals surface area contributed by atoms with Gasteiger partial charge in [-0.2, -0.15) is 0 Å². The van der Waals surface area contributed by atoms with E-state index in [1.54, 1.807) is 23.1 Å². The number of thioether (sulfide) groups is 1. The van der Waals surface area contributed by atoms with Crippen molar-refractivity contribution in [3.05, 3.63) is 18.2 Å². The van der Waals surface area contributed by atoms with Gasteiger partial charge in [0.1, 0.15) is 0 Å². The Bertz CT molecular complexity index is 541. The van der Waals surface area contributed by atoms with Crippen molar-refractivity contribution in [2.45, 2.75) is 10.8 Å². The number of halogens is 1. The summed E-state index contributed by atoms with van der Waals surface area (Å²) in [5.74, 6) is 0.277. The third-order valence-electron chi connectivity index (χ3n) is 2.15. The monoisotopic (exact) mass is 286 g/mol. The van der Waals surface area contributed by atoms with Crippen molar-refractivity contribution in [3.63, 3.8) is 0 Å². The first-order valence-electron chi connectivity index (χ1n) is 5.03. The Labute approximate surface area is 113 Å². The molecule has 0 unspecified atom stereocenters. The number of nitrogens with one attached hydrogen (secondary N) is 1. The molecule has 0 saturated carbocycles. The van der Waals surface area contributed by atoms with Crippen molar-refractivity contribution in [3.8, 4) is 0 Å². The van der Waals surface area contributed by atoms with Crippen LogP contribution in [0.15, 0.2) is 22.5 Å². The molecule has 2 rings (SSSR count). The van der Waals surface area contributed by atoms with E-state index in [1.807, 2.05) is 24.5 Å². The third kappa shape index (κ3) is 3.12. The Kier molecular flexibility index (Phi) is 4.25. The number of nitrogens with zero attached hydrogens (tertiary/aromatic N) is 1. The molecular formula is C11H11ClN2OS2. The zero-order valence-electron chi connectivity index (χ0n) is 9.20. The summed E-state index contributed by atoms with van der Waals surface area (Å²) in [5, 5.41) is 2.81. The van der Waals surface area contributed by atoms with Gasteiger partial charge in [0.15, 0.2) is 4.34 Å². The van der Waals surface area contributed by atoms with Crippen LogP contribution in [0.25, 0.3) is 10.2 Å². The summed E-state index contributed by atoms with van der Waals surface area (Å²) in [6.45, 7) is 0. The Morgan fingerprint density at radius 1 is 1.59 bits per heavy atom. The van der Waals surface area contributed by atoms with Gasteiger partial charge in [-0.3, -0.25) is 4.79 Å². The van der Waals surface area contributed by atoms with E-state index >= 15 is 0 Å². The predicted octanol–water partition coefficient (Wildman–Crippen LogP) is 3.59. The molecule has 2 aromatic rings. The highest BCUT2D eigenvalue weighted by Crippen LogP contribution is 2.29. The van der Waals surface area contributed by atoms with E-state index < -0.39 is 0 Å². The number of amides is 1. The van der Waals surface area contributed by atoms with Gasteiger partial charge in [0.05, 0.1) is 10.2 Å². The molecule has 0 aliphatic rings. The van der Waals surface area contributed by atoms with Crippen molar-refractivity contribution in [2.75, 3.05) is 17.5 Å². The molecule has 17 heavy (non-hydrogen) atoms. The first kappa shape index (κ1) is 12.7. The van der Waals surface area contributed by atoms with Gasteiger partial charge in [0.2, 0.25) is 5.91 Å². The predicted molar refractivity (Wildman–Crippen MR) is 75.4 cm³/mol. The van der Waals surface area contributed by atoms with Crippen LogP contribution in [-0.2, 0) is 4.79 Å². The lowest BCUT2D eigenvalue weighted by Gasteiger charge is -2.02. The Balaban J connectivity index is 2.21. The van der Waals surface area contributed by atoms with Crippen LogP contribution in [0.3, 0.4) is 0 Å². The van der Waals surface area contributed by atoms with E-state index in [2.05, 4.69) is 10.3 Å². The number of alkyl halides is 1. The molecule has 6 heteroatoms. The van der Waals surface area contributed by atoms with Gasteiger partial charge in [-0.25, -0.2) is 4.98 Å². The molecule has 0 radical (unpaired) electrons. The number of anilines is 1. The van der Waals surface area contributed by atoms with Crippen molar-refractivity contribution < 1.29 is 4.79 Å². The summed E-state index contributed by atoms with van der Waals surface area (Å²) >= 11 is 8.76. The van der Waals surface area contributed by atoms with Crippen LogP contribution in [0.2, 0.25) is 0 Å². The molecule has 1 N–H and O–H groups in total. The highest BCUT2D eigenvalue weighted by Gasteiger charge is 2.05. The standard InChI is InChI=1S/C11H11ClN2OS2/c1-16-11-14-8-3-2-7(6-9(8)17-11)13-10(15)4-5-12/h2-3,6H,4-5H2,1H3,(H,13,15). The molecule has 90 valence electrons. The molecule has 1 amide bonds. The average molecular weight is 287 g/mol. The van der Waals surface area contributed by atoms with Gasteiger partial charge < -0.3 is 5.32 Å². The summed E-state index contributed by atoms with van der Waals surface area (Å²) in [4.78, 5) is 15.8. The topological polar surface area (TPSA) is 42.0 Å². The largest absolute Gasteiger partial charge is 0.326 e. The van der Waals surface area contributed by atoms with Crippen molar-refractivity contribution >= 4 is 56.5 Å². The van der Waals surface area contributed by atoms with Crippen molar-refractivity contribution in [1.82, 2.24) is 4.98 Å². The molecule has 3 nitrogen and oxygen atoms in total. The number of hydrogen-bond acceptors (Lipinski definition) is 4. The molecule has 1 aromatic carbocycles. The highest BCUT2D eigenvalue weighted by molar-refractivity contribution is 8.00. The lowest BCUT2D eigenvalue weighted by atomic mass is 10.3. The van der Waals surface area contributed by atoms with Gasteiger partial charge in [0, 0.05) is 18.0 Å². The fraction of sp³-hybridized carbons (Fsp3) is 0.273. The van der Waals surface area contributed by atoms with Crippen molar-refractivity contribution in [1.29, 1.82) is 0 Å². The van der Waals surface area contributed by atoms with E-state index in [0.717, 1.165) is 20.2 Å². The smallest absolute Gasteiger partial charge is 0.225 e. The van der Waals surface area contributed by atoms with E-state index in [1.165, 1.54) is 0 Å². The molecule has 0 bridgehead atoms. The van der Waals surface area contributed by atoms with Gasteiger partial charge in [0.25, 0.3) is 0 Å². The zero-order chi connectivity index (χ0) is 12.3. The van der Waals surface area contributed by atoms with Crippen molar-refractivity contribution in [2.24, 2.45) is 0 Å². The van der Waals surface area contributed by atoms with E-state index in [4.69, 9.17) is 11.6 Å². The van der Waals surface area contributed by atoms with Crippen LogP contribution in [-0.4, -0.2) is 23.0 Å². The second kappa shape index (κ2) is 5.71. The number of aromatic nitrogens is 1. The molecule has 1 aromatic heterocycles. The number of carbonyl (C=O) groups is 1. The lowest BCUT2D eigenvalue weighted by molar-refractivity contribution is -0.115. The molecule has 0 saturated heterocycles. The Morgan fingerprint density at radius 3 is 3.12 bits per heavy atom. The second-order valence-corrected chi connectivity index (χ2v) is 5.82. The summed E-state index contributed by atoms with van der Waals surface area (Å²) in [6, 6.07) is 5.72. The molecule has 0 aliphatic heterocycles. The van der Waals surface area contributed by atoms with Crippen LogP contribution in [0, 0.1) is 0 Å². The number of fused-ring (bicyclic) bond motifs is 1. The van der Waals surface area contributed by atoms with E-state index in [9.17, 15) is 4.79 Å². The minimum absolute atomic E-state index is 0.0612. The number of carbonyl (C=O) groups excluding carboxylic acids is 1. The minimum Gasteiger partial charge on any atom is -0.326 e. The normalized spacial score (nSPS) is 10.7. The van der Waals surface area contributed by atoms with Crippen LogP contribution < -0.4 is 5.32 Å². The van der Waals surface area contributed by atoms with Crippen LogP contribution >= 0.6 is 34.7 Å². The summed E-state index contributed by atoms with van der Waals surface area (Å²) in [7, 11) is 0. The second-order valence-electron chi connectivity index (χ2n) is 3.35. The number of thiazole rings is 1. The minimum atomic E-state index is -0.0612. The maximum absolute atomic E-state index is 11.4. The molecule has 0 fully saturated rings. The maximum atomic E-state index is 11.4. The lowest BCUT2D eigenvalue weighted by Crippen LogP contribution is -2.11. The molecule has 1 heterocycles. The molecule has 0 aliphatic carbocycles. The summed E-state index contributed by atoms with van der Waals surface area (Å²) < 4.78 is 2.11. The average Bonchev–Trinajstić information content (AvgIpc) is 2.71. The van der Waals surface area contributed by atoms with Gasteiger partial charge in [-0.15, -0.1) is 22.9 Å². The number of hydrogen-bond donors (Lipinski definition) is 1. The first-order valence-corrected chi connectivity index (χ1v) is 7.61. The van der Waals surface area contributed by atoms with Gasteiger partial charge in [-0.05, 0) is 24.5 Å². The Hall–Kier alpha value is -0.780. The zero-order valence-corrected chi connectivity index (χ0v) is 11.6. The fourth-order valence-electron chi connectivity index (χ4n) is 1.38. The summed E-state index contributed by atoms with van der Waals surface area (Å²) in [6.07, 6.45) is 2.33. The molecule has 0 atom stereocenters. The quantitative estimate of drug-likeness (QED) is 0.690. The van der Waals surface area contributed by atoms with Gasteiger partial charge in [-0.1, -0.05) is 11.8 Å². The number of rotatable bonds is 4. The van der Waals surface area contributed by atoms with E-state index in [0.29, 0.717) is 12.3 Å². The highest BCUT2D eigenvalue weighted by atomic mass is 35.5. The first-order chi connectivity index (χ1) is 8.22. The fourth-order valence-corrected chi connectivity index (χ4v) is 3.08. The van der Waals surface area contributed by atoms with Crippen LogP contribution in [0.1, 0.15) is 6.42 Å². The van der Waals surface area contributed by atoms with Gasteiger partial charge >= 0.3 is 0 Å². The Morgan fingerprint density at radius 2 is 2.41 bits per heavy atom. The SMILES string of the molecule is CSc1nc2ccc(NC(=O)CCCl)cc2s1. The van der Waals surface area contributed by atoms with Crippen LogP contribution in [0.5, 0.6) is 0 Å². The molecular weight excluding hydrogens is 276 g/mol. The van der Waals surface area contributed by atoms with Crippen LogP contribution in [0.4, 0.5) is 5.69 Å². The van der Waals surface area contributed by atoms with E-state index in [-0.39, 0.29) is 5.91 Å². The third-order valence-corrected chi connectivity index (χ3v) is 4.34. The number of benzene rings is 1. The maximum Gasteiger partial charge on any atom is 0.225 e. The molecule has 0 spiro atoms. The summed E-state index contributed by atoms with van der Waals surface area (Å²) in [5.41, 5.74) is 1.76.